The number of hydrogen-bond donors (Lipinski definition) is 1. The van der Waals surface area contributed by atoms with Gasteiger partial charge in [-0.25, -0.2) is 0 Å². The molecule has 0 spiro atoms. The molecule has 0 aromatic carbocycles. The van der Waals surface area contributed by atoms with E-state index in [9.17, 15) is 0 Å². The number of rotatable bonds is 3. The normalized spacial score (nSPS) is 24.9. The summed E-state index contributed by atoms with van der Waals surface area (Å²) in [4.78, 5) is 4.62. The average Bonchev–Trinajstić information content (AvgIpc) is 2.88. The quantitative estimate of drug-likeness (QED) is 0.913. The van der Waals surface area contributed by atoms with Gasteiger partial charge in [0.05, 0.1) is 5.54 Å². The standard InChI is InChI=1S/C16H29N3O/c1-15(2,3)12-9-7-11(8-10-12)13-18-14(20-19-13)16(4,5)17-6/h11-12,17H,7-10H2,1-6H3. The molecule has 4 nitrogen and oxygen atoms in total. The molecule has 0 aliphatic heterocycles. The highest BCUT2D eigenvalue weighted by atomic mass is 16.5. The maximum absolute atomic E-state index is 5.44. The number of hydrogen-bond acceptors (Lipinski definition) is 4. The Morgan fingerprint density at radius 2 is 1.65 bits per heavy atom. The van der Waals surface area contributed by atoms with Crippen LogP contribution in [0.5, 0.6) is 0 Å². The molecule has 0 radical (unpaired) electrons. The molecule has 1 aliphatic rings. The van der Waals surface area contributed by atoms with E-state index < -0.39 is 0 Å². The van der Waals surface area contributed by atoms with Crippen molar-refractivity contribution in [3.05, 3.63) is 11.7 Å². The third-order valence-corrected chi connectivity index (χ3v) is 4.92. The van der Waals surface area contributed by atoms with Gasteiger partial charge < -0.3 is 9.84 Å². The molecule has 1 saturated carbocycles. The molecule has 4 heteroatoms. The predicted molar refractivity (Wildman–Crippen MR) is 80.5 cm³/mol. The molecule has 1 aromatic rings. The van der Waals surface area contributed by atoms with E-state index in [1.54, 1.807) is 0 Å². The molecule has 1 N–H and O–H groups in total. The Balaban J connectivity index is 2.01. The topological polar surface area (TPSA) is 51.0 Å². The zero-order chi connectivity index (χ0) is 15.0. The van der Waals surface area contributed by atoms with Gasteiger partial charge in [-0.3, -0.25) is 0 Å². The van der Waals surface area contributed by atoms with Crippen molar-refractivity contribution in [1.29, 1.82) is 0 Å². The van der Waals surface area contributed by atoms with E-state index in [4.69, 9.17) is 4.52 Å². The third kappa shape index (κ3) is 3.22. The largest absolute Gasteiger partial charge is 0.337 e. The minimum absolute atomic E-state index is 0.256. The number of nitrogens with zero attached hydrogens (tertiary/aromatic N) is 2. The van der Waals surface area contributed by atoms with Crippen LogP contribution in [0.1, 0.15) is 77.9 Å². The van der Waals surface area contributed by atoms with Gasteiger partial charge in [0.15, 0.2) is 5.82 Å². The molecule has 1 heterocycles. The first kappa shape index (κ1) is 15.5. The fourth-order valence-corrected chi connectivity index (χ4v) is 2.98. The second-order valence-corrected chi connectivity index (χ2v) is 7.75. The van der Waals surface area contributed by atoms with Crippen LogP contribution in [-0.4, -0.2) is 17.2 Å². The highest BCUT2D eigenvalue weighted by Crippen LogP contribution is 2.42. The molecular formula is C16H29N3O. The number of aromatic nitrogens is 2. The molecule has 20 heavy (non-hydrogen) atoms. The maximum Gasteiger partial charge on any atom is 0.246 e. The minimum Gasteiger partial charge on any atom is -0.337 e. The van der Waals surface area contributed by atoms with Gasteiger partial charge in [-0.15, -0.1) is 0 Å². The molecule has 0 unspecified atom stereocenters. The Morgan fingerprint density at radius 3 is 2.15 bits per heavy atom. The summed E-state index contributed by atoms with van der Waals surface area (Å²) < 4.78 is 5.44. The molecule has 1 aromatic heterocycles. The van der Waals surface area contributed by atoms with Crippen molar-refractivity contribution in [3.8, 4) is 0 Å². The first-order chi connectivity index (χ1) is 9.24. The monoisotopic (exact) mass is 279 g/mol. The van der Waals surface area contributed by atoms with E-state index in [0.717, 1.165) is 11.7 Å². The van der Waals surface area contributed by atoms with Crippen molar-refractivity contribution in [2.75, 3.05) is 7.05 Å². The second-order valence-electron chi connectivity index (χ2n) is 7.75. The lowest BCUT2D eigenvalue weighted by atomic mass is 9.70. The van der Waals surface area contributed by atoms with Gasteiger partial charge >= 0.3 is 0 Å². The minimum atomic E-state index is -0.256. The lowest BCUT2D eigenvalue weighted by Gasteiger charge is -2.36. The third-order valence-electron chi connectivity index (χ3n) is 4.92. The van der Waals surface area contributed by atoms with E-state index >= 15 is 0 Å². The zero-order valence-corrected chi connectivity index (χ0v) is 13.8. The smallest absolute Gasteiger partial charge is 0.246 e. The van der Waals surface area contributed by atoms with Crippen molar-refractivity contribution in [1.82, 2.24) is 15.5 Å². The molecule has 1 aliphatic carbocycles. The summed E-state index contributed by atoms with van der Waals surface area (Å²) in [5.41, 5.74) is 0.162. The molecule has 2 rings (SSSR count). The van der Waals surface area contributed by atoms with E-state index in [-0.39, 0.29) is 5.54 Å². The molecule has 0 atom stereocenters. The van der Waals surface area contributed by atoms with Crippen molar-refractivity contribution >= 4 is 0 Å². The Labute approximate surface area is 122 Å². The van der Waals surface area contributed by atoms with Gasteiger partial charge in [0.2, 0.25) is 5.89 Å². The molecule has 1 fully saturated rings. The molecule has 0 amide bonds. The Hall–Kier alpha value is -0.900. The lowest BCUT2D eigenvalue weighted by molar-refractivity contribution is 0.166. The molecular weight excluding hydrogens is 250 g/mol. The van der Waals surface area contributed by atoms with Crippen LogP contribution in [0.25, 0.3) is 0 Å². The number of nitrogens with one attached hydrogen (secondary N) is 1. The van der Waals surface area contributed by atoms with Crippen LogP contribution in [0, 0.1) is 11.3 Å². The van der Waals surface area contributed by atoms with Gasteiger partial charge in [-0.2, -0.15) is 4.98 Å². The summed E-state index contributed by atoms with van der Waals surface area (Å²) in [6.45, 7) is 11.2. The Bertz CT molecular complexity index is 437. The van der Waals surface area contributed by atoms with E-state index in [1.807, 2.05) is 7.05 Å². The SMILES string of the molecule is CNC(C)(C)c1nc(C2CCC(C(C)(C)C)CC2)no1. The predicted octanol–water partition coefficient (Wildman–Crippen LogP) is 3.84. The van der Waals surface area contributed by atoms with E-state index in [1.165, 1.54) is 25.7 Å². The molecule has 0 saturated heterocycles. The van der Waals surface area contributed by atoms with Crippen LogP contribution in [0.4, 0.5) is 0 Å². The summed E-state index contributed by atoms with van der Waals surface area (Å²) >= 11 is 0. The Kier molecular flexibility index (Phi) is 4.24. The van der Waals surface area contributed by atoms with Crippen LogP contribution < -0.4 is 5.32 Å². The molecule has 0 bridgehead atoms. The summed E-state index contributed by atoms with van der Waals surface area (Å²) in [6.07, 6.45) is 4.91. The van der Waals surface area contributed by atoms with Gasteiger partial charge in [0.1, 0.15) is 0 Å². The first-order valence-electron chi connectivity index (χ1n) is 7.77. The van der Waals surface area contributed by atoms with Crippen LogP contribution in [0.3, 0.4) is 0 Å². The van der Waals surface area contributed by atoms with Crippen molar-refractivity contribution in [3.63, 3.8) is 0 Å². The summed E-state index contributed by atoms with van der Waals surface area (Å²) in [5.74, 6) is 2.88. The van der Waals surface area contributed by atoms with Crippen LogP contribution in [-0.2, 0) is 5.54 Å². The van der Waals surface area contributed by atoms with Gasteiger partial charge in [0.25, 0.3) is 0 Å². The highest BCUT2D eigenvalue weighted by Gasteiger charge is 2.33. The van der Waals surface area contributed by atoms with Crippen molar-refractivity contribution < 1.29 is 4.52 Å². The summed E-state index contributed by atoms with van der Waals surface area (Å²) in [7, 11) is 1.92. The molecule has 114 valence electrons. The van der Waals surface area contributed by atoms with Gasteiger partial charge in [-0.1, -0.05) is 25.9 Å². The zero-order valence-electron chi connectivity index (χ0n) is 13.8. The van der Waals surface area contributed by atoms with Crippen LogP contribution >= 0.6 is 0 Å². The van der Waals surface area contributed by atoms with Crippen LogP contribution in [0.2, 0.25) is 0 Å². The van der Waals surface area contributed by atoms with E-state index in [2.05, 4.69) is 50.1 Å². The maximum atomic E-state index is 5.44. The Morgan fingerprint density at radius 1 is 1.05 bits per heavy atom. The van der Waals surface area contributed by atoms with Gasteiger partial charge in [0, 0.05) is 5.92 Å². The fraction of sp³-hybridized carbons (Fsp3) is 0.875. The van der Waals surface area contributed by atoms with Gasteiger partial charge in [-0.05, 0) is 57.9 Å². The lowest BCUT2D eigenvalue weighted by Crippen LogP contribution is -2.33. The highest BCUT2D eigenvalue weighted by molar-refractivity contribution is 5.03. The van der Waals surface area contributed by atoms with E-state index in [0.29, 0.717) is 17.2 Å². The summed E-state index contributed by atoms with van der Waals surface area (Å²) in [5, 5.41) is 7.42. The van der Waals surface area contributed by atoms with Crippen molar-refractivity contribution in [2.24, 2.45) is 11.3 Å². The van der Waals surface area contributed by atoms with Crippen molar-refractivity contribution in [2.45, 2.75) is 71.8 Å². The average molecular weight is 279 g/mol. The second kappa shape index (κ2) is 5.47. The first-order valence-corrected chi connectivity index (χ1v) is 7.77. The fourth-order valence-electron chi connectivity index (χ4n) is 2.98. The van der Waals surface area contributed by atoms with Crippen LogP contribution in [0.15, 0.2) is 4.52 Å². The summed E-state index contributed by atoms with van der Waals surface area (Å²) in [6, 6.07) is 0.